The third kappa shape index (κ3) is 3.85. The SMILES string of the molecule is CN1CC(c2ccccc2)Oc2nc(Nc3ccc(-n4ccnc4)cc3)ccc2C1=O. The second kappa shape index (κ2) is 7.95. The molecule has 1 atom stereocenters. The van der Waals surface area contributed by atoms with Crippen LogP contribution in [-0.4, -0.2) is 38.9 Å². The Kier molecular flexibility index (Phi) is 4.84. The number of benzene rings is 2. The number of rotatable bonds is 4. The first kappa shape index (κ1) is 18.9. The van der Waals surface area contributed by atoms with Gasteiger partial charge in [-0.05, 0) is 42.0 Å². The number of nitrogens with zero attached hydrogens (tertiary/aromatic N) is 4. The Morgan fingerprint density at radius 2 is 1.84 bits per heavy atom. The maximum Gasteiger partial charge on any atom is 0.259 e. The van der Waals surface area contributed by atoms with E-state index in [0.29, 0.717) is 23.8 Å². The summed E-state index contributed by atoms with van der Waals surface area (Å²) in [6.07, 6.45) is 5.11. The fourth-order valence-corrected chi connectivity index (χ4v) is 3.59. The molecule has 7 heteroatoms. The molecule has 2 aromatic heterocycles. The lowest BCUT2D eigenvalue weighted by atomic mass is 10.1. The fraction of sp³-hybridized carbons (Fsp3) is 0.125. The number of hydrogen-bond acceptors (Lipinski definition) is 5. The van der Waals surface area contributed by atoms with Crippen LogP contribution in [0.1, 0.15) is 22.0 Å². The molecule has 0 spiro atoms. The standard InChI is InChI=1S/C24H21N5O2/c1-28-15-21(17-5-3-2-4-6-17)31-23-20(24(28)30)11-12-22(27-23)26-18-7-9-19(10-8-18)29-14-13-25-16-29/h2-14,16,21H,15H2,1H3,(H,26,27). The third-order valence-corrected chi connectivity index (χ3v) is 5.24. The molecule has 5 rings (SSSR count). The van der Waals surface area contributed by atoms with Crippen LogP contribution < -0.4 is 10.1 Å². The predicted molar refractivity (Wildman–Crippen MR) is 118 cm³/mol. The van der Waals surface area contributed by atoms with E-state index in [0.717, 1.165) is 16.9 Å². The van der Waals surface area contributed by atoms with E-state index in [1.54, 1.807) is 36.6 Å². The van der Waals surface area contributed by atoms with E-state index >= 15 is 0 Å². The number of nitrogens with one attached hydrogen (secondary N) is 1. The summed E-state index contributed by atoms with van der Waals surface area (Å²) in [5, 5.41) is 3.29. The number of pyridine rings is 1. The average Bonchev–Trinajstić information content (AvgIpc) is 3.31. The van der Waals surface area contributed by atoms with Gasteiger partial charge < -0.3 is 19.5 Å². The molecule has 1 unspecified atom stereocenters. The first-order valence-electron chi connectivity index (χ1n) is 10.0. The van der Waals surface area contributed by atoms with E-state index in [2.05, 4.69) is 15.3 Å². The Balaban J connectivity index is 1.41. The molecule has 154 valence electrons. The summed E-state index contributed by atoms with van der Waals surface area (Å²) in [6, 6.07) is 21.4. The lowest BCUT2D eigenvalue weighted by Gasteiger charge is -2.20. The van der Waals surface area contributed by atoms with Gasteiger partial charge in [0.15, 0.2) is 0 Å². The van der Waals surface area contributed by atoms with E-state index in [1.807, 2.05) is 65.4 Å². The van der Waals surface area contributed by atoms with E-state index in [1.165, 1.54) is 0 Å². The van der Waals surface area contributed by atoms with Crippen molar-refractivity contribution >= 4 is 17.4 Å². The summed E-state index contributed by atoms with van der Waals surface area (Å²) < 4.78 is 8.14. The largest absolute Gasteiger partial charge is 0.467 e. The number of likely N-dealkylation sites (N-methyl/N-ethyl adjacent to an activating group) is 1. The number of ether oxygens (including phenoxy) is 1. The van der Waals surface area contributed by atoms with Crippen LogP contribution in [0.15, 0.2) is 85.5 Å². The van der Waals surface area contributed by atoms with Crippen molar-refractivity contribution in [3.8, 4) is 11.6 Å². The molecule has 0 radical (unpaired) electrons. The summed E-state index contributed by atoms with van der Waals surface area (Å²) in [6.45, 7) is 0.456. The van der Waals surface area contributed by atoms with Crippen molar-refractivity contribution in [1.82, 2.24) is 19.4 Å². The minimum absolute atomic E-state index is 0.0998. The molecular weight excluding hydrogens is 390 g/mol. The molecule has 31 heavy (non-hydrogen) atoms. The van der Waals surface area contributed by atoms with Gasteiger partial charge in [0.25, 0.3) is 5.91 Å². The van der Waals surface area contributed by atoms with E-state index in [-0.39, 0.29) is 12.0 Å². The molecule has 1 N–H and O–H groups in total. The smallest absolute Gasteiger partial charge is 0.259 e. The Morgan fingerprint density at radius 1 is 1.03 bits per heavy atom. The monoisotopic (exact) mass is 411 g/mol. The van der Waals surface area contributed by atoms with Gasteiger partial charge in [0, 0.05) is 30.8 Å². The quantitative estimate of drug-likeness (QED) is 0.544. The number of fused-ring (bicyclic) bond motifs is 1. The van der Waals surface area contributed by atoms with Gasteiger partial charge in [-0.1, -0.05) is 30.3 Å². The molecule has 1 aliphatic heterocycles. The molecule has 7 nitrogen and oxygen atoms in total. The number of imidazole rings is 1. The average molecular weight is 411 g/mol. The number of carbonyl (C=O) groups is 1. The zero-order valence-electron chi connectivity index (χ0n) is 17.0. The molecule has 0 saturated carbocycles. The predicted octanol–water partition coefficient (Wildman–Crippen LogP) is 4.22. The zero-order chi connectivity index (χ0) is 21.2. The highest BCUT2D eigenvalue weighted by atomic mass is 16.5. The summed E-state index contributed by atoms with van der Waals surface area (Å²) in [7, 11) is 1.78. The van der Waals surface area contributed by atoms with E-state index < -0.39 is 0 Å². The van der Waals surface area contributed by atoms with Gasteiger partial charge in [-0.25, -0.2) is 4.98 Å². The molecule has 1 aliphatic rings. The lowest BCUT2D eigenvalue weighted by molar-refractivity contribution is 0.0760. The third-order valence-electron chi connectivity index (χ3n) is 5.24. The highest BCUT2D eigenvalue weighted by Gasteiger charge is 2.29. The van der Waals surface area contributed by atoms with Gasteiger partial charge in [-0.3, -0.25) is 4.79 Å². The van der Waals surface area contributed by atoms with Gasteiger partial charge >= 0.3 is 0 Å². The Morgan fingerprint density at radius 3 is 2.58 bits per heavy atom. The highest BCUT2D eigenvalue weighted by molar-refractivity contribution is 5.97. The number of anilines is 2. The van der Waals surface area contributed by atoms with Crippen LogP contribution in [0.3, 0.4) is 0 Å². The first-order chi connectivity index (χ1) is 15.2. The number of aromatic nitrogens is 3. The molecule has 4 aromatic rings. The van der Waals surface area contributed by atoms with Crippen LogP contribution in [0.2, 0.25) is 0 Å². The first-order valence-corrected chi connectivity index (χ1v) is 10.0. The molecule has 1 amide bonds. The maximum atomic E-state index is 12.8. The summed E-state index contributed by atoms with van der Waals surface area (Å²) in [5.41, 5.74) is 3.36. The summed E-state index contributed by atoms with van der Waals surface area (Å²) >= 11 is 0. The molecule has 0 aliphatic carbocycles. The second-order valence-corrected chi connectivity index (χ2v) is 7.39. The van der Waals surface area contributed by atoms with Crippen molar-refractivity contribution in [2.24, 2.45) is 0 Å². The number of carbonyl (C=O) groups excluding carboxylic acids is 1. The van der Waals surface area contributed by atoms with Crippen molar-refractivity contribution < 1.29 is 9.53 Å². The normalized spacial score (nSPS) is 15.7. The number of amides is 1. The highest BCUT2D eigenvalue weighted by Crippen LogP contribution is 2.31. The molecule has 2 aromatic carbocycles. The summed E-state index contributed by atoms with van der Waals surface area (Å²) in [5.74, 6) is 0.846. The molecule has 0 saturated heterocycles. The van der Waals surface area contributed by atoms with Crippen LogP contribution >= 0.6 is 0 Å². The van der Waals surface area contributed by atoms with Gasteiger partial charge in [0.05, 0.1) is 12.9 Å². The van der Waals surface area contributed by atoms with Crippen LogP contribution in [0.25, 0.3) is 5.69 Å². The number of hydrogen-bond donors (Lipinski definition) is 1. The summed E-state index contributed by atoms with van der Waals surface area (Å²) in [4.78, 5) is 23.2. The molecular formula is C24H21N5O2. The minimum Gasteiger partial charge on any atom is -0.467 e. The van der Waals surface area contributed by atoms with Crippen LogP contribution in [0.4, 0.5) is 11.5 Å². The van der Waals surface area contributed by atoms with E-state index in [4.69, 9.17) is 4.74 Å². The van der Waals surface area contributed by atoms with Crippen molar-refractivity contribution in [1.29, 1.82) is 0 Å². The minimum atomic E-state index is -0.284. The fourth-order valence-electron chi connectivity index (χ4n) is 3.59. The maximum absolute atomic E-state index is 12.8. The van der Waals surface area contributed by atoms with Crippen molar-refractivity contribution in [2.45, 2.75) is 6.10 Å². The zero-order valence-corrected chi connectivity index (χ0v) is 17.0. The second-order valence-electron chi connectivity index (χ2n) is 7.39. The molecule has 0 bridgehead atoms. The van der Waals surface area contributed by atoms with Crippen molar-refractivity contribution in [3.05, 3.63) is 96.6 Å². The Hall–Kier alpha value is -4.13. The van der Waals surface area contributed by atoms with Crippen molar-refractivity contribution in [2.75, 3.05) is 18.9 Å². The van der Waals surface area contributed by atoms with Crippen LogP contribution in [-0.2, 0) is 0 Å². The van der Waals surface area contributed by atoms with Gasteiger partial charge in [-0.15, -0.1) is 0 Å². The van der Waals surface area contributed by atoms with Crippen LogP contribution in [0.5, 0.6) is 5.88 Å². The Bertz CT molecular complexity index is 1190. The van der Waals surface area contributed by atoms with Gasteiger partial charge in [0.1, 0.15) is 17.5 Å². The van der Waals surface area contributed by atoms with E-state index in [9.17, 15) is 4.79 Å². The molecule has 0 fully saturated rings. The van der Waals surface area contributed by atoms with Crippen LogP contribution in [0, 0.1) is 0 Å². The van der Waals surface area contributed by atoms with Gasteiger partial charge in [0.2, 0.25) is 5.88 Å². The lowest BCUT2D eigenvalue weighted by Crippen LogP contribution is -2.29. The Labute approximate surface area is 179 Å². The molecule has 3 heterocycles. The van der Waals surface area contributed by atoms with Gasteiger partial charge in [-0.2, -0.15) is 4.98 Å². The topological polar surface area (TPSA) is 72.3 Å². The van der Waals surface area contributed by atoms with Crippen molar-refractivity contribution in [3.63, 3.8) is 0 Å².